The fourth-order valence-corrected chi connectivity index (χ4v) is 2.96. The number of hydrogen-bond donors (Lipinski definition) is 1. The third-order valence-corrected chi connectivity index (χ3v) is 4.14. The summed E-state index contributed by atoms with van der Waals surface area (Å²) in [6.07, 6.45) is 6.96. The lowest BCUT2D eigenvalue weighted by molar-refractivity contribution is 0.286. The fourth-order valence-electron chi connectivity index (χ4n) is 2.96. The topological polar surface area (TPSA) is 35.8 Å². The van der Waals surface area contributed by atoms with Crippen molar-refractivity contribution in [1.29, 1.82) is 5.26 Å². The van der Waals surface area contributed by atoms with Gasteiger partial charge in [-0.15, -0.1) is 0 Å². The van der Waals surface area contributed by atoms with E-state index < -0.39 is 0 Å². The summed E-state index contributed by atoms with van der Waals surface area (Å²) in [5, 5.41) is 12.9. The predicted octanol–water partition coefficient (Wildman–Crippen LogP) is 3.68. The van der Waals surface area contributed by atoms with Crippen molar-refractivity contribution in [1.82, 2.24) is 5.32 Å². The van der Waals surface area contributed by atoms with Crippen molar-refractivity contribution >= 4 is 0 Å². The summed E-state index contributed by atoms with van der Waals surface area (Å²) in [7, 11) is 0. The van der Waals surface area contributed by atoms with Gasteiger partial charge in [0.2, 0.25) is 0 Å². The molecule has 3 atom stereocenters. The second-order valence-corrected chi connectivity index (χ2v) is 5.72. The predicted molar refractivity (Wildman–Crippen MR) is 78.7 cm³/mol. The average molecular weight is 256 g/mol. The zero-order chi connectivity index (χ0) is 13.5. The lowest BCUT2D eigenvalue weighted by Gasteiger charge is -2.30. The van der Waals surface area contributed by atoms with E-state index >= 15 is 0 Å². The van der Waals surface area contributed by atoms with Crippen LogP contribution >= 0.6 is 0 Å². The second-order valence-electron chi connectivity index (χ2n) is 5.72. The van der Waals surface area contributed by atoms with Crippen molar-refractivity contribution in [2.45, 2.75) is 57.5 Å². The smallest absolute Gasteiger partial charge is 0.0672 e. The lowest BCUT2D eigenvalue weighted by atomic mass is 9.85. The van der Waals surface area contributed by atoms with Crippen LogP contribution in [0, 0.1) is 17.2 Å². The van der Waals surface area contributed by atoms with Crippen molar-refractivity contribution in [2.24, 2.45) is 5.92 Å². The Morgan fingerprint density at radius 1 is 1.26 bits per heavy atom. The molecule has 0 aromatic heterocycles. The summed E-state index contributed by atoms with van der Waals surface area (Å²) in [6, 6.07) is 14.0. The van der Waals surface area contributed by atoms with E-state index in [1.807, 2.05) is 0 Å². The number of nitrogens with one attached hydrogen (secondary N) is 1. The highest BCUT2D eigenvalue weighted by molar-refractivity contribution is 5.14. The first-order valence-corrected chi connectivity index (χ1v) is 7.49. The highest BCUT2D eigenvalue weighted by Gasteiger charge is 2.25. The maximum absolute atomic E-state index is 9.19. The lowest BCUT2D eigenvalue weighted by Crippen LogP contribution is -2.43. The van der Waals surface area contributed by atoms with Crippen molar-refractivity contribution in [3.05, 3.63) is 35.9 Å². The molecule has 1 aliphatic carbocycles. The largest absolute Gasteiger partial charge is 0.310 e. The first kappa shape index (κ1) is 14.1. The van der Waals surface area contributed by atoms with Crippen molar-refractivity contribution in [2.75, 3.05) is 0 Å². The van der Waals surface area contributed by atoms with Crippen LogP contribution in [-0.4, -0.2) is 12.1 Å². The molecule has 102 valence electrons. The normalized spacial score (nSPS) is 24.6. The Morgan fingerprint density at radius 3 is 2.74 bits per heavy atom. The van der Waals surface area contributed by atoms with Gasteiger partial charge in [-0.2, -0.15) is 5.26 Å². The highest BCUT2D eigenvalue weighted by atomic mass is 15.0. The molecule has 2 nitrogen and oxygen atoms in total. The van der Waals surface area contributed by atoms with E-state index in [2.05, 4.69) is 48.6 Å². The number of nitrogens with zero attached hydrogens (tertiary/aromatic N) is 1. The van der Waals surface area contributed by atoms with E-state index in [0.717, 1.165) is 25.7 Å². The van der Waals surface area contributed by atoms with Crippen molar-refractivity contribution in [3.8, 4) is 6.07 Å². The molecule has 0 saturated heterocycles. The molecular formula is C17H24N2. The van der Waals surface area contributed by atoms with E-state index in [1.54, 1.807) is 0 Å². The summed E-state index contributed by atoms with van der Waals surface area (Å²) in [6.45, 7) is 2.24. The van der Waals surface area contributed by atoms with Crippen LogP contribution in [0.3, 0.4) is 0 Å². The Labute approximate surface area is 116 Å². The van der Waals surface area contributed by atoms with Gasteiger partial charge in [0.25, 0.3) is 0 Å². The van der Waals surface area contributed by atoms with Gasteiger partial charge in [-0.3, -0.25) is 0 Å². The molecule has 1 saturated carbocycles. The molecule has 0 spiro atoms. The summed E-state index contributed by atoms with van der Waals surface area (Å²) in [4.78, 5) is 0. The van der Waals surface area contributed by atoms with E-state index in [-0.39, 0.29) is 5.92 Å². The molecule has 0 heterocycles. The first-order chi connectivity index (χ1) is 9.29. The standard InChI is InChI=1S/C17H24N2/c1-14(11-12-15-7-3-2-4-8-15)19-17-10-6-5-9-16(17)13-18/h2-4,7-8,14,16-17,19H,5-6,9-12H2,1H3. The maximum atomic E-state index is 9.19. The van der Waals surface area contributed by atoms with Crippen molar-refractivity contribution in [3.63, 3.8) is 0 Å². The summed E-state index contributed by atoms with van der Waals surface area (Å²) < 4.78 is 0. The third-order valence-electron chi connectivity index (χ3n) is 4.14. The molecular weight excluding hydrogens is 232 g/mol. The van der Waals surface area contributed by atoms with Crippen molar-refractivity contribution < 1.29 is 0 Å². The van der Waals surface area contributed by atoms with Crippen LogP contribution in [0.5, 0.6) is 0 Å². The van der Waals surface area contributed by atoms with Crippen LogP contribution in [0.2, 0.25) is 0 Å². The first-order valence-electron chi connectivity index (χ1n) is 7.49. The SMILES string of the molecule is CC(CCc1ccccc1)NC1CCCCC1C#N. The van der Waals surface area contributed by atoms with E-state index in [4.69, 9.17) is 0 Å². The molecule has 3 unspecified atom stereocenters. The van der Waals surface area contributed by atoms with Crippen LogP contribution < -0.4 is 5.32 Å². The Kier molecular flexibility index (Phi) is 5.42. The van der Waals surface area contributed by atoms with E-state index in [1.165, 1.54) is 18.4 Å². The van der Waals surface area contributed by atoms with Crippen LogP contribution in [0.1, 0.15) is 44.6 Å². The van der Waals surface area contributed by atoms with Crippen LogP contribution in [0.4, 0.5) is 0 Å². The van der Waals surface area contributed by atoms with Crippen LogP contribution in [0.25, 0.3) is 0 Å². The van der Waals surface area contributed by atoms with E-state index in [9.17, 15) is 5.26 Å². The Hall–Kier alpha value is -1.33. The van der Waals surface area contributed by atoms with Crippen LogP contribution in [0.15, 0.2) is 30.3 Å². The monoisotopic (exact) mass is 256 g/mol. The van der Waals surface area contributed by atoms with Gasteiger partial charge >= 0.3 is 0 Å². The second kappa shape index (κ2) is 7.31. The number of benzene rings is 1. The molecule has 0 amide bonds. The minimum Gasteiger partial charge on any atom is -0.310 e. The molecule has 1 aliphatic rings. The van der Waals surface area contributed by atoms with Gasteiger partial charge in [0.15, 0.2) is 0 Å². The zero-order valence-electron chi connectivity index (χ0n) is 11.8. The minimum absolute atomic E-state index is 0.216. The van der Waals surface area contributed by atoms with Gasteiger partial charge in [-0.25, -0.2) is 0 Å². The van der Waals surface area contributed by atoms with Gasteiger partial charge in [-0.05, 0) is 38.2 Å². The average Bonchev–Trinajstić information content (AvgIpc) is 2.47. The Bertz CT molecular complexity index is 407. The Morgan fingerprint density at radius 2 is 2.00 bits per heavy atom. The van der Waals surface area contributed by atoms with E-state index in [0.29, 0.717) is 12.1 Å². The maximum Gasteiger partial charge on any atom is 0.0672 e. The van der Waals surface area contributed by atoms with Gasteiger partial charge in [-0.1, -0.05) is 43.2 Å². The van der Waals surface area contributed by atoms with Gasteiger partial charge in [0.05, 0.1) is 12.0 Å². The fraction of sp³-hybridized carbons (Fsp3) is 0.588. The number of hydrogen-bond acceptors (Lipinski definition) is 2. The summed E-state index contributed by atoms with van der Waals surface area (Å²) in [5.41, 5.74) is 1.40. The van der Waals surface area contributed by atoms with Gasteiger partial charge in [0, 0.05) is 12.1 Å². The highest BCUT2D eigenvalue weighted by Crippen LogP contribution is 2.24. The molecule has 19 heavy (non-hydrogen) atoms. The summed E-state index contributed by atoms with van der Waals surface area (Å²) in [5.74, 6) is 0.216. The van der Waals surface area contributed by atoms with Gasteiger partial charge in [0.1, 0.15) is 0 Å². The molecule has 1 aromatic rings. The molecule has 0 radical (unpaired) electrons. The number of aryl methyl sites for hydroxylation is 1. The molecule has 1 fully saturated rings. The molecule has 1 aromatic carbocycles. The quantitative estimate of drug-likeness (QED) is 0.872. The van der Waals surface area contributed by atoms with Gasteiger partial charge < -0.3 is 5.32 Å². The Balaban J connectivity index is 1.77. The molecule has 2 heteroatoms. The molecule has 1 N–H and O–H groups in total. The third kappa shape index (κ3) is 4.36. The molecule has 2 rings (SSSR count). The minimum atomic E-state index is 0.216. The molecule has 0 bridgehead atoms. The number of nitriles is 1. The summed E-state index contributed by atoms with van der Waals surface area (Å²) >= 11 is 0. The molecule has 0 aliphatic heterocycles. The van der Waals surface area contributed by atoms with Crippen LogP contribution in [-0.2, 0) is 6.42 Å². The number of rotatable bonds is 5. The zero-order valence-corrected chi connectivity index (χ0v) is 11.8.